The molecule has 0 radical (unpaired) electrons. The zero-order valence-corrected chi connectivity index (χ0v) is 18.2. The van der Waals surface area contributed by atoms with E-state index < -0.39 is 0 Å². The molecule has 5 nitrogen and oxygen atoms in total. The Bertz CT molecular complexity index is 1340. The Kier molecular flexibility index (Phi) is 4.98. The van der Waals surface area contributed by atoms with Crippen LogP contribution >= 0.6 is 0 Å². The van der Waals surface area contributed by atoms with Crippen LogP contribution < -0.4 is 20.6 Å². The zero-order valence-electron chi connectivity index (χ0n) is 18.2. The second-order valence-electron chi connectivity index (χ2n) is 8.29. The quantitative estimate of drug-likeness (QED) is 0.456. The maximum Gasteiger partial charge on any atom is 0.201 e. The molecule has 0 saturated heterocycles. The molecule has 3 aromatic carbocycles. The van der Waals surface area contributed by atoms with Crippen LogP contribution in [-0.4, -0.2) is 14.2 Å². The minimum Gasteiger partial charge on any atom is -0.493 e. The third kappa shape index (κ3) is 3.26. The average Bonchev–Trinajstić information content (AvgIpc) is 2.82. The molecule has 1 aliphatic rings. The molecule has 162 valence electrons. The third-order valence-corrected chi connectivity index (χ3v) is 6.43. The molecule has 0 aliphatic heterocycles. The molecule has 0 unspecified atom stereocenters. The van der Waals surface area contributed by atoms with E-state index in [1.807, 2.05) is 54.6 Å². The van der Waals surface area contributed by atoms with Crippen molar-refractivity contribution in [2.24, 2.45) is 5.73 Å². The summed E-state index contributed by atoms with van der Waals surface area (Å²) in [4.78, 5) is 13.8. The lowest BCUT2D eigenvalue weighted by molar-refractivity contribution is 0.253. The van der Waals surface area contributed by atoms with Crippen molar-refractivity contribution >= 4 is 11.0 Å². The van der Waals surface area contributed by atoms with Gasteiger partial charge in [-0.15, -0.1) is 0 Å². The van der Waals surface area contributed by atoms with Crippen LogP contribution in [0, 0.1) is 0 Å². The molecule has 5 heteroatoms. The molecule has 0 amide bonds. The van der Waals surface area contributed by atoms with E-state index in [1.165, 1.54) is 0 Å². The number of nitrogens with two attached hydrogens (primary N) is 1. The summed E-state index contributed by atoms with van der Waals surface area (Å²) in [7, 11) is 3.11. The summed E-state index contributed by atoms with van der Waals surface area (Å²) in [5, 5.41) is 0.440. The van der Waals surface area contributed by atoms with Gasteiger partial charge < -0.3 is 19.6 Å². The van der Waals surface area contributed by atoms with E-state index in [4.69, 9.17) is 19.6 Å². The van der Waals surface area contributed by atoms with Crippen LogP contribution in [0.4, 0.5) is 0 Å². The second-order valence-corrected chi connectivity index (χ2v) is 8.29. The lowest BCUT2D eigenvalue weighted by Crippen LogP contribution is -2.43. The molecule has 1 heterocycles. The van der Waals surface area contributed by atoms with Crippen LogP contribution in [0.3, 0.4) is 0 Å². The predicted octanol–water partition coefficient (Wildman–Crippen LogP) is 5.48. The van der Waals surface area contributed by atoms with Gasteiger partial charge in [-0.2, -0.15) is 0 Å². The fourth-order valence-corrected chi connectivity index (χ4v) is 4.39. The summed E-state index contributed by atoms with van der Waals surface area (Å²) in [6, 6.07) is 21.0. The van der Waals surface area contributed by atoms with Crippen molar-refractivity contribution in [1.82, 2.24) is 0 Å². The highest BCUT2D eigenvalue weighted by Crippen LogP contribution is 2.40. The predicted molar refractivity (Wildman–Crippen MR) is 126 cm³/mol. The maximum atomic E-state index is 13.8. The van der Waals surface area contributed by atoms with E-state index in [-0.39, 0.29) is 11.0 Å². The van der Waals surface area contributed by atoms with Crippen LogP contribution in [0.2, 0.25) is 0 Å². The molecule has 0 spiro atoms. The van der Waals surface area contributed by atoms with E-state index in [1.54, 1.807) is 26.4 Å². The smallest absolute Gasteiger partial charge is 0.201 e. The van der Waals surface area contributed by atoms with Gasteiger partial charge in [-0.1, -0.05) is 54.6 Å². The molecule has 5 rings (SSSR count). The summed E-state index contributed by atoms with van der Waals surface area (Å²) in [5.74, 6) is 1.51. The van der Waals surface area contributed by atoms with Crippen molar-refractivity contribution in [3.8, 4) is 33.9 Å². The Morgan fingerprint density at radius 2 is 1.53 bits per heavy atom. The minimum atomic E-state index is -0.251. The number of methoxy groups -OCH3 is 2. The minimum absolute atomic E-state index is 0.120. The van der Waals surface area contributed by atoms with Gasteiger partial charge >= 0.3 is 0 Å². The Labute approximate surface area is 186 Å². The summed E-state index contributed by atoms with van der Waals surface area (Å²) in [6.07, 6.45) is 3.12. The van der Waals surface area contributed by atoms with Gasteiger partial charge in [-0.3, -0.25) is 4.79 Å². The lowest BCUT2D eigenvalue weighted by atomic mass is 9.72. The van der Waals surface area contributed by atoms with Crippen LogP contribution in [-0.2, 0) is 5.54 Å². The van der Waals surface area contributed by atoms with E-state index in [0.717, 1.165) is 36.0 Å². The van der Waals surface area contributed by atoms with Crippen LogP contribution in [0.25, 0.3) is 33.4 Å². The Hall–Kier alpha value is -3.57. The van der Waals surface area contributed by atoms with E-state index in [2.05, 4.69) is 0 Å². The second kappa shape index (κ2) is 7.84. The maximum absolute atomic E-state index is 13.8. The van der Waals surface area contributed by atoms with Gasteiger partial charge in [0.05, 0.1) is 25.2 Å². The largest absolute Gasteiger partial charge is 0.493 e. The van der Waals surface area contributed by atoms with Gasteiger partial charge in [-0.05, 0) is 36.5 Å². The Morgan fingerprint density at radius 3 is 2.12 bits per heavy atom. The van der Waals surface area contributed by atoms with E-state index >= 15 is 0 Å². The Balaban J connectivity index is 1.76. The first-order chi connectivity index (χ1) is 15.5. The number of benzene rings is 3. The van der Waals surface area contributed by atoms with Crippen LogP contribution in [0.1, 0.15) is 24.8 Å². The van der Waals surface area contributed by atoms with Crippen LogP contribution in [0.15, 0.2) is 75.9 Å². The number of rotatable bonds is 5. The molecule has 1 fully saturated rings. The number of hydrogen-bond acceptors (Lipinski definition) is 5. The molecular formula is C27H25NO4. The van der Waals surface area contributed by atoms with Crippen molar-refractivity contribution in [1.29, 1.82) is 0 Å². The topological polar surface area (TPSA) is 74.7 Å². The molecule has 2 N–H and O–H groups in total. The van der Waals surface area contributed by atoms with Crippen molar-refractivity contribution in [3.63, 3.8) is 0 Å². The monoisotopic (exact) mass is 427 g/mol. The van der Waals surface area contributed by atoms with Crippen LogP contribution in [0.5, 0.6) is 11.5 Å². The number of hydrogen-bond donors (Lipinski definition) is 1. The highest BCUT2D eigenvalue weighted by Gasteiger charge is 2.34. The molecule has 1 aliphatic carbocycles. The Morgan fingerprint density at radius 1 is 0.875 bits per heavy atom. The highest BCUT2D eigenvalue weighted by molar-refractivity contribution is 5.90. The number of fused-ring (bicyclic) bond motifs is 1. The first-order valence-corrected chi connectivity index (χ1v) is 10.7. The molecule has 0 atom stereocenters. The fourth-order valence-electron chi connectivity index (χ4n) is 4.39. The average molecular weight is 428 g/mol. The van der Waals surface area contributed by atoms with Gasteiger partial charge in [0.15, 0.2) is 11.5 Å². The highest BCUT2D eigenvalue weighted by atomic mass is 16.5. The molecule has 0 bridgehead atoms. The van der Waals surface area contributed by atoms with Gasteiger partial charge in [0.2, 0.25) is 5.43 Å². The summed E-state index contributed by atoms with van der Waals surface area (Å²) in [6.45, 7) is 0. The molecule has 1 aromatic heterocycles. The fraction of sp³-hybridized carbons (Fsp3) is 0.222. The van der Waals surface area contributed by atoms with Crippen molar-refractivity contribution in [2.75, 3.05) is 14.2 Å². The molecule has 1 saturated carbocycles. The normalized spacial score (nSPS) is 14.7. The van der Waals surface area contributed by atoms with Gasteiger partial charge in [-0.25, -0.2) is 0 Å². The van der Waals surface area contributed by atoms with E-state index in [9.17, 15) is 4.79 Å². The lowest BCUT2D eigenvalue weighted by Gasteiger charge is -2.38. The van der Waals surface area contributed by atoms with Crippen molar-refractivity contribution in [2.45, 2.75) is 24.8 Å². The summed E-state index contributed by atoms with van der Waals surface area (Å²) in [5.41, 5.74) is 9.81. The molecule has 4 aromatic rings. The standard InChI is InChI=1S/C27H25NO4/c1-30-22-15-20-21(16-23(22)31-2)32-26(18-7-4-3-5-8-18)24(25(20)29)17-9-11-19(12-10-17)27(28)13-6-14-27/h3-5,7-12,15-16H,6,13-14,28H2,1-2H3. The SMILES string of the molecule is COc1cc2oc(-c3ccccc3)c(-c3ccc(C4(N)CCC4)cc3)c(=O)c2cc1OC. The summed E-state index contributed by atoms with van der Waals surface area (Å²) >= 11 is 0. The van der Waals surface area contributed by atoms with Gasteiger partial charge in [0.1, 0.15) is 11.3 Å². The van der Waals surface area contributed by atoms with Gasteiger partial charge in [0.25, 0.3) is 0 Å². The van der Waals surface area contributed by atoms with Gasteiger partial charge in [0, 0.05) is 17.2 Å². The molecule has 32 heavy (non-hydrogen) atoms. The van der Waals surface area contributed by atoms with Crippen molar-refractivity contribution in [3.05, 3.63) is 82.5 Å². The van der Waals surface area contributed by atoms with Crippen molar-refractivity contribution < 1.29 is 13.9 Å². The first-order valence-electron chi connectivity index (χ1n) is 10.7. The number of ether oxygens (including phenoxy) is 2. The van der Waals surface area contributed by atoms with E-state index in [0.29, 0.717) is 33.8 Å². The zero-order chi connectivity index (χ0) is 22.3. The third-order valence-electron chi connectivity index (χ3n) is 6.43. The molecular weight excluding hydrogens is 402 g/mol. The first kappa shape index (κ1) is 20.3. The summed E-state index contributed by atoms with van der Waals surface area (Å²) < 4.78 is 17.1.